The number of halogens is 3. The normalized spacial score (nSPS) is 23.8. The van der Waals surface area contributed by atoms with Gasteiger partial charge in [-0.05, 0) is 55.7 Å². The van der Waals surface area contributed by atoms with Crippen molar-refractivity contribution in [3.8, 4) is 11.8 Å². The van der Waals surface area contributed by atoms with Crippen molar-refractivity contribution in [2.75, 3.05) is 18.0 Å². The van der Waals surface area contributed by atoms with Crippen LogP contribution in [0.2, 0.25) is 5.02 Å². The van der Waals surface area contributed by atoms with E-state index in [9.17, 15) is 8.78 Å². The van der Waals surface area contributed by atoms with E-state index < -0.39 is 12.0 Å². The van der Waals surface area contributed by atoms with Gasteiger partial charge in [-0.25, -0.2) is 13.8 Å². The molecule has 36 heavy (non-hydrogen) atoms. The molecule has 3 fully saturated rings. The average molecular weight is 508 g/mol. The van der Waals surface area contributed by atoms with Crippen molar-refractivity contribution in [2.45, 2.75) is 57.2 Å². The van der Waals surface area contributed by atoms with Crippen LogP contribution in [-0.2, 0) is 13.1 Å². The number of anilines is 1. The lowest BCUT2D eigenvalue weighted by Gasteiger charge is -2.59. The first-order valence-electron chi connectivity index (χ1n) is 12.2. The quantitative estimate of drug-likeness (QED) is 0.516. The van der Waals surface area contributed by atoms with Crippen LogP contribution in [0.3, 0.4) is 0 Å². The Bertz CT molecular complexity index is 1430. The Balaban J connectivity index is 1.12. The molecule has 1 spiro atoms. The summed E-state index contributed by atoms with van der Waals surface area (Å²) in [4.78, 5) is 8.68. The van der Waals surface area contributed by atoms with E-state index in [1.807, 2.05) is 42.2 Å². The zero-order chi connectivity index (χ0) is 24.8. The van der Waals surface area contributed by atoms with Crippen molar-refractivity contribution in [3.63, 3.8) is 0 Å². The first-order valence-corrected chi connectivity index (χ1v) is 12.6. The molecule has 1 atom stereocenters. The summed E-state index contributed by atoms with van der Waals surface area (Å²) in [6, 6.07) is 10.8. The van der Waals surface area contributed by atoms with Gasteiger partial charge in [0.1, 0.15) is 17.7 Å². The standard InChI is InChI=1S/C26H24ClF2N7/c1-15-16(10-30)2-5-22(31-15)35-13-25(14-35)7-18(8-25)24-33-32-23-12-34(21-9-26(21,28)29)11-17-6-19(27)3-4-20(17)36(23)24/h2-6,18,21H,7-9,11-14H2,1H3. The van der Waals surface area contributed by atoms with Gasteiger partial charge in [-0.2, -0.15) is 5.26 Å². The zero-order valence-corrected chi connectivity index (χ0v) is 20.5. The van der Waals surface area contributed by atoms with Gasteiger partial charge in [0, 0.05) is 42.4 Å². The number of alkyl halides is 2. The van der Waals surface area contributed by atoms with E-state index in [1.165, 1.54) is 0 Å². The van der Waals surface area contributed by atoms with Crippen LogP contribution in [-0.4, -0.2) is 49.7 Å². The molecule has 10 heteroatoms. The fourth-order valence-corrected chi connectivity index (χ4v) is 6.52. The van der Waals surface area contributed by atoms with Gasteiger partial charge in [-0.3, -0.25) is 9.47 Å². The molecule has 0 N–H and O–H groups in total. The lowest BCUT2D eigenvalue weighted by molar-refractivity contribution is 0.0580. The third kappa shape index (κ3) is 3.35. The Kier molecular flexibility index (Phi) is 4.59. The summed E-state index contributed by atoms with van der Waals surface area (Å²) in [5.74, 6) is 0.160. The van der Waals surface area contributed by atoms with E-state index >= 15 is 0 Å². The summed E-state index contributed by atoms with van der Waals surface area (Å²) in [5.41, 5.74) is 3.46. The fraction of sp³-hybridized carbons (Fsp3) is 0.462. The van der Waals surface area contributed by atoms with Crippen LogP contribution < -0.4 is 4.90 Å². The summed E-state index contributed by atoms with van der Waals surface area (Å²) < 4.78 is 30.0. The van der Waals surface area contributed by atoms with Crippen molar-refractivity contribution < 1.29 is 8.78 Å². The number of pyridine rings is 1. The van der Waals surface area contributed by atoms with E-state index in [0.29, 0.717) is 29.5 Å². The first-order chi connectivity index (χ1) is 17.2. The van der Waals surface area contributed by atoms with Crippen LogP contribution >= 0.6 is 11.6 Å². The zero-order valence-electron chi connectivity index (χ0n) is 19.8. The molecule has 3 aromatic rings. The summed E-state index contributed by atoms with van der Waals surface area (Å²) in [6.45, 7) is 4.48. The first kappa shape index (κ1) is 22.1. The fourth-order valence-electron chi connectivity index (χ4n) is 6.32. The molecular formula is C26H24ClF2N7. The third-order valence-corrected chi connectivity index (χ3v) is 8.52. The van der Waals surface area contributed by atoms with Crippen molar-refractivity contribution in [1.29, 1.82) is 5.26 Å². The predicted octanol–water partition coefficient (Wildman–Crippen LogP) is 4.60. The molecule has 1 aromatic carbocycles. The van der Waals surface area contributed by atoms with Gasteiger partial charge in [0.2, 0.25) is 0 Å². The second-order valence-corrected chi connectivity index (χ2v) is 11.3. The second kappa shape index (κ2) is 7.46. The maximum Gasteiger partial charge on any atom is 0.265 e. The Morgan fingerprint density at radius 2 is 1.86 bits per heavy atom. The van der Waals surface area contributed by atoms with Crippen LogP contribution in [0.1, 0.15) is 53.7 Å². The number of rotatable bonds is 3. The molecule has 1 saturated heterocycles. The monoisotopic (exact) mass is 507 g/mol. The smallest absolute Gasteiger partial charge is 0.265 e. The molecule has 1 unspecified atom stereocenters. The Hall–Kier alpha value is -3.09. The van der Waals surface area contributed by atoms with Crippen LogP contribution in [0.5, 0.6) is 0 Å². The Morgan fingerprint density at radius 1 is 1.08 bits per heavy atom. The number of aromatic nitrogens is 4. The van der Waals surface area contributed by atoms with E-state index in [1.54, 1.807) is 0 Å². The summed E-state index contributed by atoms with van der Waals surface area (Å²) >= 11 is 6.29. The minimum Gasteiger partial charge on any atom is -0.355 e. The molecule has 2 aromatic heterocycles. The van der Waals surface area contributed by atoms with E-state index in [-0.39, 0.29) is 17.8 Å². The lowest BCUT2D eigenvalue weighted by atomic mass is 9.57. The molecule has 4 aliphatic rings. The van der Waals surface area contributed by atoms with Gasteiger partial charge >= 0.3 is 0 Å². The highest BCUT2D eigenvalue weighted by molar-refractivity contribution is 6.30. The molecule has 0 radical (unpaired) electrons. The number of nitrogens with zero attached hydrogens (tertiary/aromatic N) is 7. The highest BCUT2D eigenvalue weighted by Crippen LogP contribution is 2.57. The van der Waals surface area contributed by atoms with Gasteiger partial charge < -0.3 is 4.90 Å². The van der Waals surface area contributed by atoms with Crippen LogP contribution in [0.15, 0.2) is 30.3 Å². The van der Waals surface area contributed by atoms with Gasteiger partial charge in [-0.15, -0.1) is 10.2 Å². The number of hydrogen-bond donors (Lipinski definition) is 0. The molecule has 0 amide bonds. The van der Waals surface area contributed by atoms with Crippen molar-refractivity contribution in [2.24, 2.45) is 5.41 Å². The predicted molar refractivity (Wildman–Crippen MR) is 129 cm³/mol. The maximum atomic E-state index is 14.0. The van der Waals surface area contributed by atoms with Crippen LogP contribution in [0.25, 0.3) is 5.69 Å². The summed E-state index contributed by atoms with van der Waals surface area (Å²) in [6.07, 6.45) is 1.90. The molecule has 2 saturated carbocycles. The van der Waals surface area contributed by atoms with E-state index in [0.717, 1.165) is 54.5 Å². The number of hydrogen-bond acceptors (Lipinski definition) is 6. The highest BCUT2D eigenvalue weighted by atomic mass is 35.5. The molecule has 2 aliphatic heterocycles. The van der Waals surface area contributed by atoms with Crippen molar-refractivity contribution >= 4 is 17.4 Å². The van der Waals surface area contributed by atoms with Crippen LogP contribution in [0.4, 0.5) is 14.6 Å². The van der Waals surface area contributed by atoms with Gasteiger partial charge in [0.05, 0.1) is 29.5 Å². The Morgan fingerprint density at radius 3 is 2.56 bits per heavy atom. The number of benzene rings is 1. The van der Waals surface area contributed by atoms with Gasteiger partial charge in [-0.1, -0.05) is 11.6 Å². The SMILES string of the molecule is Cc1nc(N2CC3(CC(c4nnc5n4-c4ccc(Cl)cc4CN(C4CC4(F)F)C5)C3)C2)ccc1C#N. The number of fused-ring (bicyclic) bond motifs is 3. The van der Waals surface area contributed by atoms with E-state index in [4.69, 9.17) is 16.9 Å². The van der Waals surface area contributed by atoms with Crippen LogP contribution in [0, 0.1) is 23.7 Å². The molecule has 184 valence electrons. The molecule has 4 heterocycles. The molecule has 0 bridgehead atoms. The second-order valence-electron chi connectivity index (χ2n) is 10.8. The topological polar surface area (TPSA) is 73.9 Å². The van der Waals surface area contributed by atoms with Gasteiger partial charge in [0.15, 0.2) is 5.82 Å². The molecule has 7 nitrogen and oxygen atoms in total. The maximum absolute atomic E-state index is 14.0. The largest absolute Gasteiger partial charge is 0.355 e. The number of nitriles is 1. The molecule has 2 aliphatic carbocycles. The van der Waals surface area contributed by atoms with Gasteiger partial charge in [0.25, 0.3) is 5.92 Å². The molecular weight excluding hydrogens is 484 g/mol. The summed E-state index contributed by atoms with van der Waals surface area (Å²) in [5, 5.41) is 18.8. The minimum atomic E-state index is -2.64. The Labute approximate surface area is 212 Å². The van der Waals surface area contributed by atoms with Crippen molar-refractivity contribution in [3.05, 3.63) is 63.8 Å². The van der Waals surface area contributed by atoms with Crippen molar-refractivity contribution in [1.82, 2.24) is 24.6 Å². The summed E-state index contributed by atoms with van der Waals surface area (Å²) in [7, 11) is 0. The minimum absolute atomic E-state index is 0.112. The van der Waals surface area contributed by atoms with E-state index in [2.05, 4.69) is 30.7 Å². The highest BCUT2D eigenvalue weighted by Gasteiger charge is 2.60. The lowest BCUT2D eigenvalue weighted by Crippen LogP contribution is -2.62. The third-order valence-electron chi connectivity index (χ3n) is 8.28. The molecule has 7 rings (SSSR count). The number of aryl methyl sites for hydroxylation is 1. The average Bonchev–Trinajstić information content (AvgIpc) is 3.30.